The van der Waals surface area contributed by atoms with Crippen LogP contribution in [0.15, 0.2) is 182 Å². The fraction of sp³-hybridized carbons (Fsp3) is 0.542. The highest BCUT2D eigenvalue weighted by molar-refractivity contribution is 5.71. The molecule has 0 amide bonds. The molecule has 0 bridgehead atoms. The van der Waals surface area contributed by atoms with Gasteiger partial charge in [-0.15, -0.1) is 0 Å². The number of ether oxygens (including phenoxy) is 3. The lowest BCUT2D eigenvalue weighted by atomic mass is 10.0. The fourth-order valence-electron chi connectivity index (χ4n) is 7.65. The predicted octanol–water partition coefficient (Wildman–Crippen LogP) is 21.3. The molecule has 0 aromatic carbocycles. The molecule has 0 rings (SSSR count). The summed E-state index contributed by atoms with van der Waals surface area (Å²) in [7, 11) is 0. The average Bonchev–Trinajstić information content (AvgIpc) is 3.44. The smallest absolute Gasteiger partial charge is 0.306 e. The third kappa shape index (κ3) is 61.4. The van der Waals surface area contributed by atoms with Crippen molar-refractivity contribution in [3.05, 3.63) is 182 Å². The molecule has 6 heteroatoms. The molecule has 0 aliphatic rings. The summed E-state index contributed by atoms with van der Waals surface area (Å²) in [6, 6.07) is 0. The Bertz CT molecular complexity index is 1850. The van der Waals surface area contributed by atoms with Crippen LogP contribution in [0.1, 0.15) is 233 Å². The summed E-state index contributed by atoms with van der Waals surface area (Å²) < 4.78 is 16.7. The van der Waals surface area contributed by atoms with Crippen molar-refractivity contribution in [2.24, 2.45) is 0 Å². The highest BCUT2D eigenvalue weighted by Crippen LogP contribution is 2.14. The second-order valence-corrected chi connectivity index (χ2v) is 19.5. The minimum atomic E-state index is -0.851. The molecule has 1 unspecified atom stereocenters. The van der Waals surface area contributed by atoms with Crippen molar-refractivity contribution in [1.29, 1.82) is 0 Å². The van der Waals surface area contributed by atoms with E-state index in [0.717, 1.165) is 122 Å². The van der Waals surface area contributed by atoms with Crippen molar-refractivity contribution in [3.8, 4) is 0 Å². The molecule has 0 aromatic heterocycles. The Balaban J connectivity index is 4.55. The van der Waals surface area contributed by atoms with E-state index in [1.165, 1.54) is 57.8 Å². The normalized spacial score (nSPS) is 13.4. The molecule has 0 radical (unpaired) electrons. The van der Waals surface area contributed by atoms with Crippen LogP contribution in [0.5, 0.6) is 0 Å². The van der Waals surface area contributed by atoms with E-state index in [4.69, 9.17) is 14.2 Å². The van der Waals surface area contributed by atoms with E-state index < -0.39 is 12.1 Å². The molecule has 0 N–H and O–H groups in total. The monoisotopic (exact) mass is 1070 g/mol. The van der Waals surface area contributed by atoms with Crippen LogP contribution in [0.4, 0.5) is 0 Å². The molecule has 0 spiro atoms. The summed E-state index contributed by atoms with van der Waals surface area (Å²) in [4.78, 5) is 38.2. The molecule has 0 aliphatic carbocycles. The molecular weight excluding hydrogens is 961 g/mol. The summed E-state index contributed by atoms with van der Waals surface area (Å²) in [5.41, 5.74) is 0. The number of allylic oxidation sites excluding steroid dienone is 30. The number of esters is 3. The van der Waals surface area contributed by atoms with Crippen molar-refractivity contribution in [3.63, 3.8) is 0 Å². The van der Waals surface area contributed by atoms with Gasteiger partial charge < -0.3 is 14.2 Å². The molecule has 0 saturated carbocycles. The van der Waals surface area contributed by atoms with Gasteiger partial charge >= 0.3 is 17.9 Å². The Hall–Kier alpha value is -5.49. The number of unbranched alkanes of at least 4 members (excludes halogenated alkanes) is 12. The van der Waals surface area contributed by atoms with Gasteiger partial charge in [-0.2, -0.15) is 0 Å². The van der Waals surface area contributed by atoms with E-state index >= 15 is 0 Å². The maximum absolute atomic E-state index is 12.8. The first-order chi connectivity index (χ1) is 38.5. The summed E-state index contributed by atoms with van der Waals surface area (Å²) in [5, 5.41) is 0. The van der Waals surface area contributed by atoms with Crippen molar-refractivity contribution < 1.29 is 28.6 Å². The van der Waals surface area contributed by atoms with Gasteiger partial charge in [0.05, 0.1) is 0 Å². The summed E-state index contributed by atoms with van der Waals surface area (Å²) in [5.74, 6) is -1.09. The van der Waals surface area contributed by atoms with Crippen LogP contribution in [0, 0.1) is 0 Å². The number of carbonyl (C=O) groups is 3. The average molecular weight is 1070 g/mol. The van der Waals surface area contributed by atoms with Crippen LogP contribution in [-0.2, 0) is 28.6 Å². The second-order valence-electron chi connectivity index (χ2n) is 19.5. The van der Waals surface area contributed by atoms with Crippen molar-refractivity contribution in [2.75, 3.05) is 13.2 Å². The molecular formula is C72H110O6. The molecule has 1 atom stereocenters. The predicted molar refractivity (Wildman–Crippen MR) is 338 cm³/mol. The molecule has 0 aromatic rings. The van der Waals surface area contributed by atoms with Crippen LogP contribution in [0.3, 0.4) is 0 Å². The minimum absolute atomic E-state index is 0.133. The molecule has 6 nitrogen and oxygen atoms in total. The van der Waals surface area contributed by atoms with E-state index in [2.05, 4.69) is 191 Å². The number of carbonyl (C=O) groups excluding carboxylic acids is 3. The molecule has 0 saturated heterocycles. The van der Waals surface area contributed by atoms with Crippen LogP contribution >= 0.6 is 0 Å². The van der Waals surface area contributed by atoms with Crippen LogP contribution in [0.2, 0.25) is 0 Å². The van der Waals surface area contributed by atoms with Gasteiger partial charge in [0.1, 0.15) is 13.2 Å². The molecule has 434 valence electrons. The Morgan fingerprint density at radius 2 is 0.526 bits per heavy atom. The van der Waals surface area contributed by atoms with Crippen LogP contribution < -0.4 is 0 Å². The van der Waals surface area contributed by atoms with Gasteiger partial charge in [0, 0.05) is 19.3 Å². The summed E-state index contributed by atoms with van der Waals surface area (Å²) in [6.07, 6.45) is 96.2. The lowest BCUT2D eigenvalue weighted by Gasteiger charge is -2.18. The Morgan fingerprint density at radius 3 is 0.833 bits per heavy atom. The minimum Gasteiger partial charge on any atom is -0.462 e. The first-order valence-corrected chi connectivity index (χ1v) is 30.8. The van der Waals surface area contributed by atoms with Gasteiger partial charge in [-0.05, 0) is 122 Å². The number of hydrogen-bond acceptors (Lipinski definition) is 6. The molecule has 0 aliphatic heterocycles. The summed E-state index contributed by atoms with van der Waals surface area (Å²) >= 11 is 0. The van der Waals surface area contributed by atoms with E-state index in [9.17, 15) is 14.4 Å². The van der Waals surface area contributed by atoms with Gasteiger partial charge in [-0.3, -0.25) is 14.4 Å². The molecule has 0 fully saturated rings. The quantitative estimate of drug-likeness (QED) is 0.0261. The first-order valence-electron chi connectivity index (χ1n) is 30.8. The summed E-state index contributed by atoms with van der Waals surface area (Å²) in [6.45, 7) is 6.28. The Kier molecular flexibility index (Phi) is 59.5. The van der Waals surface area contributed by atoms with Gasteiger partial charge in [-0.25, -0.2) is 0 Å². The van der Waals surface area contributed by atoms with E-state index in [1.807, 2.05) is 12.2 Å². The standard InChI is InChI=1S/C72H110O6/c1-4-7-10-13-16-19-22-25-27-29-31-32-33-34-35-36-37-38-39-40-42-43-45-47-50-53-56-59-62-65-71(74)77-68-69(67-76-70(73)64-61-58-55-52-49-24-21-18-15-12-9-6-3)78-72(75)66-63-60-57-54-51-48-46-44-41-30-28-26-23-20-17-14-11-8-5-2/h7-8,10-11,16-17,19-20,25-28,31-32,34-35,37-38,40-42,44-45,47-48,51,53,56-57,60,69H,4-6,9,12-15,18,21-24,29-30,33,36,39,43,46,49-50,52,54-55,58-59,61-68H2,1-3H3/b10-7-,11-8-,19-16-,20-17-,27-25-,28-26-,32-31-,35-34-,38-37-,42-40-,44-41-,47-45-,51-48-,56-53-,60-57-. The van der Waals surface area contributed by atoms with Crippen molar-refractivity contribution in [2.45, 2.75) is 239 Å². The van der Waals surface area contributed by atoms with E-state index in [1.54, 1.807) is 0 Å². The van der Waals surface area contributed by atoms with Gasteiger partial charge in [0.15, 0.2) is 6.10 Å². The third-order valence-corrected chi connectivity index (χ3v) is 12.2. The lowest BCUT2D eigenvalue weighted by molar-refractivity contribution is -0.166. The topological polar surface area (TPSA) is 78.9 Å². The van der Waals surface area contributed by atoms with Crippen LogP contribution in [-0.4, -0.2) is 37.2 Å². The number of hydrogen-bond donors (Lipinski definition) is 0. The van der Waals surface area contributed by atoms with E-state index in [-0.39, 0.29) is 38.0 Å². The zero-order valence-corrected chi connectivity index (χ0v) is 49.6. The highest BCUT2D eigenvalue weighted by Gasteiger charge is 2.19. The first kappa shape index (κ1) is 72.5. The zero-order chi connectivity index (χ0) is 56.4. The highest BCUT2D eigenvalue weighted by atomic mass is 16.6. The molecule has 0 heterocycles. The third-order valence-electron chi connectivity index (χ3n) is 12.2. The largest absolute Gasteiger partial charge is 0.462 e. The second kappa shape index (κ2) is 64.0. The maximum atomic E-state index is 12.8. The fourth-order valence-corrected chi connectivity index (χ4v) is 7.65. The number of rotatable bonds is 53. The Morgan fingerprint density at radius 1 is 0.269 bits per heavy atom. The Labute approximate surface area is 478 Å². The van der Waals surface area contributed by atoms with Crippen LogP contribution in [0.25, 0.3) is 0 Å². The van der Waals surface area contributed by atoms with E-state index in [0.29, 0.717) is 19.3 Å². The van der Waals surface area contributed by atoms with Gasteiger partial charge in [0.25, 0.3) is 0 Å². The SMILES string of the molecule is CC/C=C\C/C=C\C/C=C\C/C=C\C/C=C\C/C=C\C/C=C\C/C=C\C/C=C\CCCC(=O)OCC(COC(=O)CCCCCCCCCCCCCC)OC(=O)CC/C=C\C/C=C\C/C=C\C/C=C\C/C=C\C/C=C\CC. The van der Waals surface area contributed by atoms with Gasteiger partial charge in [-0.1, -0.05) is 274 Å². The van der Waals surface area contributed by atoms with Crippen molar-refractivity contribution in [1.82, 2.24) is 0 Å². The maximum Gasteiger partial charge on any atom is 0.306 e. The zero-order valence-electron chi connectivity index (χ0n) is 49.6. The molecule has 78 heavy (non-hydrogen) atoms. The van der Waals surface area contributed by atoms with Crippen molar-refractivity contribution >= 4 is 17.9 Å². The lowest BCUT2D eigenvalue weighted by Crippen LogP contribution is -2.30. The van der Waals surface area contributed by atoms with Gasteiger partial charge in [0.2, 0.25) is 0 Å².